The van der Waals surface area contributed by atoms with Crippen LogP contribution in [0.15, 0.2) is 11.2 Å². The number of thiophene rings is 1. The number of fused-ring (bicyclic) bond motifs is 1. The molecule has 1 aliphatic carbocycles. The first-order chi connectivity index (χ1) is 11.9. The van der Waals surface area contributed by atoms with Crippen LogP contribution in [0.25, 0.3) is 10.7 Å². The summed E-state index contributed by atoms with van der Waals surface area (Å²) in [5, 5.41) is 9.34. The number of carbonyl (C=O) groups is 1. The molecule has 136 valence electrons. The van der Waals surface area contributed by atoms with Crippen LogP contribution >= 0.6 is 23.1 Å². The van der Waals surface area contributed by atoms with E-state index in [2.05, 4.69) is 23.2 Å². The summed E-state index contributed by atoms with van der Waals surface area (Å²) < 4.78 is 2.01. The fourth-order valence-corrected chi connectivity index (χ4v) is 5.45. The second-order valence-electron chi connectivity index (χ2n) is 6.93. The molecule has 0 saturated carbocycles. The normalized spacial score (nSPS) is 18.0. The number of carbonyl (C=O) groups excluding carboxylic acids is 1. The van der Waals surface area contributed by atoms with E-state index in [-0.39, 0.29) is 11.2 Å². The van der Waals surface area contributed by atoms with E-state index in [1.807, 2.05) is 29.9 Å². The third-order valence-corrected chi connectivity index (χ3v) is 7.24. The summed E-state index contributed by atoms with van der Waals surface area (Å²) in [4.78, 5) is 16.4. The zero-order chi connectivity index (χ0) is 18.1. The highest BCUT2D eigenvalue weighted by Crippen LogP contribution is 2.38. The minimum atomic E-state index is -0.174. The van der Waals surface area contributed by atoms with Gasteiger partial charge in [-0.2, -0.15) is 0 Å². The Balaban J connectivity index is 1.80. The molecule has 7 heteroatoms. The van der Waals surface area contributed by atoms with Gasteiger partial charge in [0.1, 0.15) is 0 Å². The minimum absolute atomic E-state index is 0.0896. The Morgan fingerprint density at radius 3 is 2.92 bits per heavy atom. The van der Waals surface area contributed by atoms with Crippen molar-refractivity contribution in [1.29, 1.82) is 0 Å². The molecule has 0 fully saturated rings. The average Bonchev–Trinajstić information content (AvgIpc) is 3.16. The summed E-state index contributed by atoms with van der Waals surface area (Å²) in [6.07, 6.45) is 4.93. The fourth-order valence-electron chi connectivity index (χ4n) is 3.26. The summed E-state index contributed by atoms with van der Waals surface area (Å²) in [5.41, 5.74) is 1.49. The zero-order valence-corrected chi connectivity index (χ0v) is 17.2. The van der Waals surface area contributed by atoms with Crippen molar-refractivity contribution in [2.75, 3.05) is 14.1 Å². The standard InChI is InChI=1S/C18H26N4OS2/c1-6-12-7-8-14-13(9-12)10-15(25-14)16-19-20-18(22(16)5)24-11(2)17(23)21(3)4/h10-12H,6-9H2,1-5H3. The van der Waals surface area contributed by atoms with Crippen LogP contribution in [0, 0.1) is 5.92 Å². The van der Waals surface area contributed by atoms with E-state index in [1.54, 1.807) is 19.0 Å². The Kier molecular flexibility index (Phi) is 5.53. The second kappa shape index (κ2) is 7.50. The molecule has 0 N–H and O–H groups in total. The van der Waals surface area contributed by atoms with Crippen molar-refractivity contribution in [3.8, 4) is 10.7 Å². The van der Waals surface area contributed by atoms with Gasteiger partial charge in [-0.3, -0.25) is 4.79 Å². The molecule has 0 saturated heterocycles. The van der Waals surface area contributed by atoms with E-state index in [1.165, 1.54) is 52.8 Å². The van der Waals surface area contributed by atoms with Crippen LogP contribution in [0.3, 0.4) is 0 Å². The summed E-state index contributed by atoms with van der Waals surface area (Å²) in [6.45, 7) is 4.20. The Morgan fingerprint density at radius 1 is 1.48 bits per heavy atom. The van der Waals surface area contributed by atoms with Gasteiger partial charge in [0.05, 0.1) is 10.1 Å². The lowest BCUT2D eigenvalue weighted by Gasteiger charge is -2.19. The Bertz CT molecular complexity index is 765. The molecule has 0 bridgehead atoms. The summed E-state index contributed by atoms with van der Waals surface area (Å²) in [5.74, 6) is 1.81. The lowest BCUT2D eigenvalue weighted by Crippen LogP contribution is -2.29. The molecule has 2 atom stereocenters. The first-order valence-electron chi connectivity index (χ1n) is 8.79. The van der Waals surface area contributed by atoms with Crippen LogP contribution in [0.5, 0.6) is 0 Å². The molecule has 1 amide bonds. The van der Waals surface area contributed by atoms with Crippen LogP contribution < -0.4 is 0 Å². The monoisotopic (exact) mass is 378 g/mol. The van der Waals surface area contributed by atoms with Gasteiger partial charge in [0.15, 0.2) is 11.0 Å². The molecule has 2 aromatic heterocycles. The van der Waals surface area contributed by atoms with Gasteiger partial charge >= 0.3 is 0 Å². The number of rotatable bonds is 5. The van der Waals surface area contributed by atoms with Crippen molar-refractivity contribution in [1.82, 2.24) is 19.7 Å². The van der Waals surface area contributed by atoms with E-state index in [4.69, 9.17) is 0 Å². The van der Waals surface area contributed by atoms with Gasteiger partial charge in [-0.05, 0) is 43.7 Å². The van der Waals surface area contributed by atoms with Crippen LogP contribution in [-0.4, -0.2) is 44.9 Å². The van der Waals surface area contributed by atoms with Crippen molar-refractivity contribution >= 4 is 29.0 Å². The Hall–Kier alpha value is -1.34. The van der Waals surface area contributed by atoms with E-state index < -0.39 is 0 Å². The molecule has 0 aromatic carbocycles. The highest BCUT2D eigenvalue weighted by Gasteiger charge is 2.24. The molecule has 25 heavy (non-hydrogen) atoms. The van der Waals surface area contributed by atoms with Gasteiger partial charge in [-0.15, -0.1) is 21.5 Å². The molecular formula is C18H26N4OS2. The minimum Gasteiger partial charge on any atom is -0.348 e. The first-order valence-corrected chi connectivity index (χ1v) is 10.5. The maximum Gasteiger partial charge on any atom is 0.235 e. The van der Waals surface area contributed by atoms with E-state index >= 15 is 0 Å². The molecule has 5 nitrogen and oxygen atoms in total. The molecule has 0 aliphatic heterocycles. The summed E-state index contributed by atoms with van der Waals surface area (Å²) >= 11 is 3.31. The van der Waals surface area contributed by atoms with Gasteiger partial charge in [0.25, 0.3) is 0 Å². The third kappa shape index (κ3) is 3.77. The molecule has 2 unspecified atom stereocenters. The topological polar surface area (TPSA) is 51.0 Å². The number of amides is 1. The number of aryl methyl sites for hydroxylation is 1. The third-order valence-electron chi connectivity index (χ3n) is 4.89. The van der Waals surface area contributed by atoms with Crippen molar-refractivity contribution in [3.05, 3.63) is 16.5 Å². The van der Waals surface area contributed by atoms with E-state index in [9.17, 15) is 4.79 Å². The van der Waals surface area contributed by atoms with Crippen LogP contribution in [-0.2, 0) is 24.7 Å². The Labute approximate surface area is 157 Å². The number of hydrogen-bond donors (Lipinski definition) is 0. The van der Waals surface area contributed by atoms with Crippen LogP contribution in [0.2, 0.25) is 0 Å². The van der Waals surface area contributed by atoms with Crippen LogP contribution in [0.4, 0.5) is 0 Å². The van der Waals surface area contributed by atoms with Crippen molar-refractivity contribution in [3.63, 3.8) is 0 Å². The number of thioether (sulfide) groups is 1. The molecule has 0 radical (unpaired) electrons. The smallest absolute Gasteiger partial charge is 0.235 e. The molecule has 2 heterocycles. The molecule has 3 rings (SSSR count). The average molecular weight is 379 g/mol. The number of hydrogen-bond acceptors (Lipinski definition) is 5. The van der Waals surface area contributed by atoms with Crippen molar-refractivity contribution in [2.24, 2.45) is 13.0 Å². The highest BCUT2D eigenvalue weighted by atomic mass is 32.2. The van der Waals surface area contributed by atoms with E-state index in [0.717, 1.165) is 16.9 Å². The molecule has 1 aliphatic rings. The summed E-state index contributed by atoms with van der Waals surface area (Å²) in [7, 11) is 5.54. The molecular weight excluding hydrogens is 352 g/mol. The predicted molar refractivity (Wildman–Crippen MR) is 104 cm³/mol. The highest BCUT2D eigenvalue weighted by molar-refractivity contribution is 8.00. The summed E-state index contributed by atoms with van der Waals surface area (Å²) in [6, 6.07) is 2.30. The van der Waals surface area contributed by atoms with Gasteiger partial charge in [0, 0.05) is 26.0 Å². The lowest BCUT2D eigenvalue weighted by atomic mass is 9.87. The van der Waals surface area contributed by atoms with Crippen LogP contribution in [0.1, 0.15) is 37.1 Å². The maximum atomic E-state index is 12.1. The largest absolute Gasteiger partial charge is 0.348 e. The number of nitrogens with zero attached hydrogens (tertiary/aromatic N) is 4. The van der Waals surface area contributed by atoms with Gasteiger partial charge in [0.2, 0.25) is 5.91 Å². The number of aromatic nitrogens is 3. The predicted octanol–water partition coefficient (Wildman–Crippen LogP) is 3.63. The maximum absolute atomic E-state index is 12.1. The molecule has 0 spiro atoms. The second-order valence-corrected chi connectivity index (χ2v) is 9.38. The van der Waals surface area contributed by atoms with Crippen molar-refractivity contribution < 1.29 is 4.79 Å². The first kappa shape index (κ1) is 18.5. The zero-order valence-electron chi connectivity index (χ0n) is 15.6. The van der Waals surface area contributed by atoms with Gasteiger partial charge in [-0.25, -0.2) is 0 Å². The van der Waals surface area contributed by atoms with Gasteiger partial charge in [-0.1, -0.05) is 25.1 Å². The quantitative estimate of drug-likeness (QED) is 0.746. The van der Waals surface area contributed by atoms with Crippen molar-refractivity contribution in [2.45, 2.75) is 49.9 Å². The molecule has 2 aromatic rings. The Morgan fingerprint density at radius 2 is 2.24 bits per heavy atom. The van der Waals surface area contributed by atoms with E-state index in [0.29, 0.717) is 0 Å². The SMILES string of the molecule is CCC1CCc2sc(-c3nnc(SC(C)C(=O)N(C)C)n3C)cc2C1. The van der Waals surface area contributed by atoms with Gasteiger partial charge < -0.3 is 9.47 Å². The lowest BCUT2D eigenvalue weighted by molar-refractivity contribution is -0.127. The fraction of sp³-hybridized carbons (Fsp3) is 0.611.